The van der Waals surface area contributed by atoms with E-state index >= 15 is 0 Å². The maximum Gasteiger partial charge on any atom is 0.185 e. The fourth-order valence-corrected chi connectivity index (χ4v) is 5.14. The van der Waals surface area contributed by atoms with Crippen molar-refractivity contribution in [3.8, 4) is 6.07 Å². The molecule has 2 aromatic rings. The molecule has 1 saturated carbocycles. The zero-order valence-electron chi connectivity index (χ0n) is 13.6. The van der Waals surface area contributed by atoms with Crippen LogP contribution in [0.5, 0.6) is 0 Å². The minimum absolute atomic E-state index is 0.404. The lowest BCUT2D eigenvalue weighted by atomic mass is 9.76. The maximum absolute atomic E-state index is 9.77. The fourth-order valence-electron chi connectivity index (χ4n) is 3.74. The first-order valence-corrected chi connectivity index (χ1v) is 11.5. The smallest absolute Gasteiger partial charge is 0.185 e. The van der Waals surface area contributed by atoms with Gasteiger partial charge < -0.3 is 9.41 Å². The van der Waals surface area contributed by atoms with E-state index in [1.54, 1.807) is 0 Å². The molecule has 4 heteroatoms. The van der Waals surface area contributed by atoms with Gasteiger partial charge in [0.25, 0.3) is 0 Å². The van der Waals surface area contributed by atoms with Crippen LogP contribution in [0.3, 0.4) is 0 Å². The third-order valence-electron chi connectivity index (χ3n) is 4.48. The van der Waals surface area contributed by atoms with Gasteiger partial charge in [-0.2, -0.15) is 5.26 Å². The number of para-hydroxylation sites is 1. The van der Waals surface area contributed by atoms with E-state index in [2.05, 4.69) is 61.2 Å². The second-order valence-electron chi connectivity index (χ2n) is 7.40. The molecule has 0 bridgehead atoms. The predicted octanol–water partition coefficient (Wildman–Crippen LogP) is 4.94. The van der Waals surface area contributed by atoms with E-state index in [-0.39, 0.29) is 0 Å². The van der Waals surface area contributed by atoms with Crippen LogP contribution in [-0.4, -0.2) is 18.9 Å². The standard InChI is InChI=1S/C18H24N2OSi/c1-22(2,3)21-18(13-19)10-6-7-14(11-18)16-12-20-17-9-5-4-8-15(16)17/h4-5,8-9,12,14,20H,6-7,10-11H2,1-3H3. The van der Waals surface area contributed by atoms with E-state index in [0.717, 1.165) is 25.7 Å². The number of benzene rings is 1. The van der Waals surface area contributed by atoms with Gasteiger partial charge in [-0.25, -0.2) is 0 Å². The van der Waals surface area contributed by atoms with Crippen LogP contribution in [0.1, 0.15) is 37.2 Å². The lowest BCUT2D eigenvalue weighted by Crippen LogP contribution is -2.44. The molecule has 1 heterocycles. The highest BCUT2D eigenvalue weighted by Gasteiger charge is 2.41. The molecule has 0 spiro atoms. The molecule has 3 rings (SSSR count). The fraction of sp³-hybridized carbons (Fsp3) is 0.500. The van der Waals surface area contributed by atoms with Gasteiger partial charge in [0.15, 0.2) is 8.32 Å². The number of rotatable bonds is 3. The molecule has 0 radical (unpaired) electrons. The summed E-state index contributed by atoms with van der Waals surface area (Å²) >= 11 is 0. The van der Waals surface area contributed by atoms with Gasteiger partial charge in [-0.1, -0.05) is 18.2 Å². The summed E-state index contributed by atoms with van der Waals surface area (Å²) in [4.78, 5) is 3.36. The van der Waals surface area contributed by atoms with Gasteiger partial charge in [-0.15, -0.1) is 0 Å². The van der Waals surface area contributed by atoms with Crippen molar-refractivity contribution in [3.05, 3.63) is 36.0 Å². The molecular formula is C18H24N2OSi. The van der Waals surface area contributed by atoms with Crippen LogP contribution < -0.4 is 0 Å². The molecule has 0 saturated heterocycles. The Kier molecular flexibility index (Phi) is 3.88. The number of nitriles is 1. The number of H-pyrrole nitrogens is 1. The number of aromatic nitrogens is 1. The minimum atomic E-state index is -1.74. The molecule has 22 heavy (non-hydrogen) atoms. The highest BCUT2D eigenvalue weighted by Crippen LogP contribution is 2.43. The molecule has 1 aliphatic rings. The van der Waals surface area contributed by atoms with Gasteiger partial charge in [-0.05, 0) is 62.9 Å². The van der Waals surface area contributed by atoms with Gasteiger partial charge in [0.1, 0.15) is 5.60 Å². The van der Waals surface area contributed by atoms with Gasteiger partial charge in [0.05, 0.1) is 6.07 Å². The van der Waals surface area contributed by atoms with E-state index in [0.29, 0.717) is 5.92 Å². The monoisotopic (exact) mass is 312 g/mol. The van der Waals surface area contributed by atoms with Crippen LogP contribution in [-0.2, 0) is 4.43 Å². The molecule has 2 unspecified atom stereocenters. The summed E-state index contributed by atoms with van der Waals surface area (Å²) in [5.74, 6) is 0.404. The topological polar surface area (TPSA) is 48.8 Å². The summed E-state index contributed by atoms with van der Waals surface area (Å²) in [6.07, 6.45) is 6.00. The Bertz CT molecular complexity index is 710. The molecule has 1 fully saturated rings. The van der Waals surface area contributed by atoms with Crippen LogP contribution in [0, 0.1) is 11.3 Å². The first kappa shape index (κ1) is 15.3. The number of nitrogens with one attached hydrogen (secondary N) is 1. The highest BCUT2D eigenvalue weighted by atomic mass is 28.4. The third kappa shape index (κ3) is 2.97. The van der Waals surface area contributed by atoms with E-state index in [4.69, 9.17) is 4.43 Å². The molecule has 1 aromatic carbocycles. The molecule has 1 aromatic heterocycles. The van der Waals surface area contributed by atoms with Gasteiger partial charge >= 0.3 is 0 Å². The van der Waals surface area contributed by atoms with Crippen LogP contribution in [0.4, 0.5) is 0 Å². The van der Waals surface area contributed by atoms with E-state index in [1.807, 2.05) is 0 Å². The number of fused-ring (bicyclic) bond motifs is 1. The average molecular weight is 312 g/mol. The van der Waals surface area contributed by atoms with Crippen LogP contribution in [0.15, 0.2) is 30.5 Å². The minimum Gasteiger partial charge on any atom is -0.400 e. The normalized spacial score (nSPS) is 26.0. The van der Waals surface area contributed by atoms with E-state index < -0.39 is 13.9 Å². The summed E-state index contributed by atoms with van der Waals surface area (Å²) in [6, 6.07) is 10.9. The predicted molar refractivity (Wildman–Crippen MR) is 92.3 cm³/mol. The molecule has 1 N–H and O–H groups in total. The Morgan fingerprint density at radius 3 is 2.82 bits per heavy atom. The number of hydrogen-bond donors (Lipinski definition) is 1. The lowest BCUT2D eigenvalue weighted by Gasteiger charge is -2.39. The van der Waals surface area contributed by atoms with Gasteiger partial charge in [0.2, 0.25) is 0 Å². The lowest BCUT2D eigenvalue weighted by molar-refractivity contribution is 0.0682. The van der Waals surface area contributed by atoms with Crippen LogP contribution in [0.2, 0.25) is 19.6 Å². The SMILES string of the molecule is C[Si](C)(C)OC1(C#N)CCCC(c2c[nH]c3ccccc23)C1. The molecular weight excluding hydrogens is 288 g/mol. The second kappa shape index (κ2) is 5.57. The Morgan fingerprint density at radius 1 is 1.32 bits per heavy atom. The van der Waals surface area contributed by atoms with Crippen molar-refractivity contribution in [2.24, 2.45) is 0 Å². The van der Waals surface area contributed by atoms with Crippen LogP contribution >= 0.6 is 0 Å². The first-order valence-electron chi connectivity index (χ1n) is 8.10. The van der Waals surface area contributed by atoms with Gasteiger partial charge in [0, 0.05) is 17.1 Å². The summed E-state index contributed by atoms with van der Waals surface area (Å²) in [5, 5.41) is 11.1. The van der Waals surface area contributed by atoms with Crippen LogP contribution in [0.25, 0.3) is 10.9 Å². The average Bonchev–Trinajstić information content (AvgIpc) is 2.89. The van der Waals surface area contributed by atoms with Crippen molar-refractivity contribution in [2.45, 2.75) is 56.8 Å². The molecule has 2 atom stereocenters. The Morgan fingerprint density at radius 2 is 2.09 bits per heavy atom. The zero-order chi connectivity index (χ0) is 15.8. The maximum atomic E-state index is 9.77. The zero-order valence-corrected chi connectivity index (χ0v) is 14.6. The van der Waals surface area contributed by atoms with Gasteiger partial charge in [-0.3, -0.25) is 0 Å². The van der Waals surface area contributed by atoms with Crippen molar-refractivity contribution >= 4 is 19.2 Å². The van der Waals surface area contributed by atoms with E-state index in [1.165, 1.54) is 16.5 Å². The number of aromatic amines is 1. The highest BCUT2D eigenvalue weighted by molar-refractivity contribution is 6.69. The first-order chi connectivity index (χ1) is 10.4. The van der Waals surface area contributed by atoms with Crippen molar-refractivity contribution < 1.29 is 4.43 Å². The molecule has 0 amide bonds. The second-order valence-corrected chi connectivity index (χ2v) is 11.8. The largest absolute Gasteiger partial charge is 0.400 e. The summed E-state index contributed by atoms with van der Waals surface area (Å²) < 4.78 is 6.32. The van der Waals surface area contributed by atoms with Crippen molar-refractivity contribution in [1.29, 1.82) is 5.26 Å². The van der Waals surface area contributed by atoms with E-state index in [9.17, 15) is 5.26 Å². The molecule has 3 nitrogen and oxygen atoms in total. The molecule has 116 valence electrons. The van der Waals surface area contributed by atoms with Crippen molar-refractivity contribution in [2.75, 3.05) is 0 Å². The summed E-state index contributed by atoms with van der Waals surface area (Å²) in [5.41, 5.74) is 1.93. The summed E-state index contributed by atoms with van der Waals surface area (Å²) in [6.45, 7) is 6.50. The summed E-state index contributed by atoms with van der Waals surface area (Å²) in [7, 11) is -1.74. The van der Waals surface area contributed by atoms with Crippen molar-refractivity contribution in [1.82, 2.24) is 4.98 Å². The Labute approximate surface area is 133 Å². The molecule has 0 aliphatic heterocycles. The molecule has 1 aliphatic carbocycles. The Balaban J connectivity index is 1.91. The quantitative estimate of drug-likeness (QED) is 0.816. The van der Waals surface area contributed by atoms with Crippen molar-refractivity contribution in [3.63, 3.8) is 0 Å². The number of hydrogen-bond acceptors (Lipinski definition) is 2. The third-order valence-corrected chi connectivity index (χ3v) is 5.48. The number of nitrogens with zero attached hydrogens (tertiary/aromatic N) is 1. The Hall–Kier alpha value is -1.57.